The van der Waals surface area contributed by atoms with Crippen molar-refractivity contribution in [3.8, 4) is 0 Å². The van der Waals surface area contributed by atoms with Crippen LogP contribution < -0.4 is 5.69 Å². The quantitative estimate of drug-likeness (QED) is 0.449. The Morgan fingerprint density at radius 2 is 2.00 bits per heavy atom. The average Bonchev–Trinajstić information content (AvgIpc) is 2.71. The molecule has 3 aromatic rings. The van der Waals surface area contributed by atoms with Crippen LogP contribution in [0.1, 0.15) is 35.4 Å². The number of pyridine rings is 1. The third kappa shape index (κ3) is 3.98. The van der Waals surface area contributed by atoms with E-state index in [1.54, 1.807) is 22.9 Å². The fraction of sp³-hybridized carbons (Fsp3) is 0.286. The number of hydrogen-bond acceptors (Lipinski definition) is 4. The second kappa shape index (κ2) is 8.45. The second-order valence-corrected chi connectivity index (χ2v) is 8.10. The summed E-state index contributed by atoms with van der Waals surface area (Å²) in [7, 11) is 0. The van der Waals surface area contributed by atoms with E-state index in [2.05, 4.69) is 9.97 Å². The van der Waals surface area contributed by atoms with E-state index in [0.717, 1.165) is 42.6 Å². The summed E-state index contributed by atoms with van der Waals surface area (Å²) in [6, 6.07) is 10.3. The predicted octanol–water partition coefficient (Wildman–Crippen LogP) is 4.65. The van der Waals surface area contributed by atoms with Gasteiger partial charge in [-0.25, -0.2) is 9.18 Å². The normalized spacial score (nSPS) is 13.4. The summed E-state index contributed by atoms with van der Waals surface area (Å²) < 4.78 is 15.8. The van der Waals surface area contributed by atoms with E-state index >= 15 is 0 Å². The fourth-order valence-corrected chi connectivity index (χ4v) is 4.91. The van der Waals surface area contributed by atoms with Crippen molar-refractivity contribution in [3.05, 3.63) is 86.4 Å². The molecular formula is C21H19ClFN3OS. The Hall–Kier alpha value is -2.18. The predicted molar refractivity (Wildman–Crippen MR) is 109 cm³/mol. The van der Waals surface area contributed by atoms with Gasteiger partial charge in [-0.15, -0.1) is 11.8 Å². The smallest absolute Gasteiger partial charge is 0.290 e. The number of benzene rings is 1. The molecule has 4 rings (SSSR count). The van der Waals surface area contributed by atoms with Crippen LogP contribution >= 0.6 is 23.4 Å². The van der Waals surface area contributed by atoms with Gasteiger partial charge in [-0.3, -0.25) is 9.55 Å². The van der Waals surface area contributed by atoms with Crippen LogP contribution in [0.5, 0.6) is 0 Å². The molecule has 1 aliphatic carbocycles. The number of fused-ring (bicyclic) bond motifs is 1. The van der Waals surface area contributed by atoms with Crippen molar-refractivity contribution < 1.29 is 4.39 Å². The highest BCUT2D eigenvalue weighted by molar-refractivity contribution is 7.98. The standard InChI is InChI=1S/C21H19ClFN3OS/c22-17-8-5-9-18(23)16(17)13-28-20-15-7-1-2-10-19(15)26(21(27)25-20)12-14-6-3-4-11-24-14/h3-6,8-9,11H,1-2,7,10,12-13H2. The lowest BCUT2D eigenvalue weighted by Gasteiger charge is -2.22. The number of rotatable bonds is 5. The van der Waals surface area contributed by atoms with Crippen LogP contribution in [0.25, 0.3) is 0 Å². The summed E-state index contributed by atoms with van der Waals surface area (Å²) in [5.41, 5.74) is 3.11. The molecule has 1 aromatic carbocycles. The lowest BCUT2D eigenvalue weighted by atomic mass is 9.97. The van der Waals surface area contributed by atoms with Gasteiger partial charge in [-0.2, -0.15) is 4.98 Å². The Kier molecular flexibility index (Phi) is 5.78. The van der Waals surface area contributed by atoms with Crippen molar-refractivity contribution in [2.45, 2.75) is 43.0 Å². The molecule has 0 spiro atoms. The molecule has 4 nitrogen and oxygen atoms in total. The molecule has 0 amide bonds. The van der Waals surface area contributed by atoms with Crippen LogP contribution in [0.2, 0.25) is 5.02 Å². The van der Waals surface area contributed by atoms with Crippen LogP contribution in [-0.4, -0.2) is 14.5 Å². The third-order valence-electron chi connectivity index (χ3n) is 4.91. The molecule has 1 aliphatic rings. The van der Waals surface area contributed by atoms with Gasteiger partial charge in [0.25, 0.3) is 0 Å². The maximum Gasteiger partial charge on any atom is 0.349 e. The lowest BCUT2D eigenvalue weighted by molar-refractivity contribution is 0.565. The topological polar surface area (TPSA) is 47.8 Å². The zero-order valence-corrected chi connectivity index (χ0v) is 16.8. The minimum Gasteiger partial charge on any atom is -0.290 e. The van der Waals surface area contributed by atoms with E-state index in [4.69, 9.17) is 11.6 Å². The van der Waals surface area contributed by atoms with Crippen molar-refractivity contribution in [3.63, 3.8) is 0 Å². The lowest BCUT2D eigenvalue weighted by Crippen LogP contribution is -2.30. The Morgan fingerprint density at radius 1 is 1.14 bits per heavy atom. The Labute approximate surface area is 171 Å². The van der Waals surface area contributed by atoms with Gasteiger partial charge in [0.2, 0.25) is 0 Å². The maximum absolute atomic E-state index is 14.1. The molecule has 0 atom stereocenters. The largest absolute Gasteiger partial charge is 0.349 e. The van der Waals surface area contributed by atoms with E-state index in [1.807, 2.05) is 18.2 Å². The zero-order valence-electron chi connectivity index (χ0n) is 15.2. The van der Waals surface area contributed by atoms with Gasteiger partial charge in [0.15, 0.2) is 0 Å². The van der Waals surface area contributed by atoms with Crippen molar-refractivity contribution in [1.82, 2.24) is 14.5 Å². The molecule has 2 aromatic heterocycles. The summed E-state index contributed by atoms with van der Waals surface area (Å²) in [6.45, 7) is 0.416. The highest BCUT2D eigenvalue weighted by atomic mass is 35.5. The molecule has 0 saturated carbocycles. The molecule has 0 aliphatic heterocycles. The van der Waals surface area contributed by atoms with E-state index in [0.29, 0.717) is 27.9 Å². The molecule has 0 N–H and O–H groups in total. The van der Waals surface area contributed by atoms with E-state index in [-0.39, 0.29) is 11.5 Å². The monoisotopic (exact) mass is 415 g/mol. The van der Waals surface area contributed by atoms with Crippen molar-refractivity contribution >= 4 is 23.4 Å². The first-order valence-corrected chi connectivity index (χ1v) is 10.6. The van der Waals surface area contributed by atoms with Crippen LogP contribution in [0.3, 0.4) is 0 Å². The summed E-state index contributed by atoms with van der Waals surface area (Å²) in [5, 5.41) is 1.08. The van der Waals surface area contributed by atoms with Crippen LogP contribution in [0, 0.1) is 5.82 Å². The highest BCUT2D eigenvalue weighted by Crippen LogP contribution is 2.32. The van der Waals surface area contributed by atoms with Crippen LogP contribution in [0.15, 0.2) is 52.4 Å². The minimum absolute atomic E-state index is 0.284. The Morgan fingerprint density at radius 3 is 2.79 bits per heavy atom. The average molecular weight is 416 g/mol. The Balaban J connectivity index is 1.67. The van der Waals surface area contributed by atoms with Crippen molar-refractivity contribution in [2.75, 3.05) is 0 Å². The van der Waals surface area contributed by atoms with Crippen LogP contribution in [-0.2, 0) is 25.1 Å². The van der Waals surface area contributed by atoms with E-state index in [1.165, 1.54) is 17.8 Å². The molecule has 28 heavy (non-hydrogen) atoms. The first kappa shape index (κ1) is 19.2. The molecule has 0 fully saturated rings. The molecule has 0 radical (unpaired) electrons. The van der Waals surface area contributed by atoms with Crippen LogP contribution in [0.4, 0.5) is 4.39 Å². The van der Waals surface area contributed by atoms with Crippen molar-refractivity contribution in [1.29, 1.82) is 0 Å². The molecular weight excluding hydrogens is 397 g/mol. The van der Waals surface area contributed by atoms with E-state index in [9.17, 15) is 9.18 Å². The highest BCUT2D eigenvalue weighted by Gasteiger charge is 2.21. The fourth-order valence-electron chi connectivity index (χ4n) is 3.49. The molecule has 0 unspecified atom stereocenters. The van der Waals surface area contributed by atoms with Crippen molar-refractivity contribution in [2.24, 2.45) is 0 Å². The summed E-state index contributed by atoms with van der Waals surface area (Å²) in [4.78, 5) is 21.4. The summed E-state index contributed by atoms with van der Waals surface area (Å²) in [6.07, 6.45) is 5.54. The number of nitrogens with zero attached hydrogens (tertiary/aromatic N) is 3. The third-order valence-corrected chi connectivity index (χ3v) is 6.31. The van der Waals surface area contributed by atoms with Gasteiger partial charge in [-0.1, -0.05) is 23.7 Å². The maximum atomic E-state index is 14.1. The second-order valence-electron chi connectivity index (χ2n) is 6.73. The van der Waals surface area contributed by atoms with E-state index < -0.39 is 0 Å². The number of halogens is 2. The summed E-state index contributed by atoms with van der Waals surface area (Å²) >= 11 is 7.52. The zero-order chi connectivity index (χ0) is 19.5. The first-order valence-electron chi connectivity index (χ1n) is 9.21. The SMILES string of the molecule is O=c1nc(SCc2c(F)cccc2Cl)c2c(n1Cc1ccccn1)CCCC2. The minimum atomic E-state index is -0.336. The number of hydrogen-bond donors (Lipinski definition) is 0. The van der Waals surface area contributed by atoms with Gasteiger partial charge >= 0.3 is 5.69 Å². The Bertz CT molecular complexity index is 1040. The summed E-state index contributed by atoms with van der Waals surface area (Å²) in [5.74, 6) is 0.00613. The number of thioether (sulfide) groups is 1. The molecule has 7 heteroatoms. The molecule has 144 valence electrons. The van der Waals surface area contributed by atoms with Gasteiger partial charge in [-0.05, 0) is 49.9 Å². The molecule has 0 bridgehead atoms. The number of aromatic nitrogens is 3. The van der Waals surface area contributed by atoms with Gasteiger partial charge in [0.05, 0.1) is 12.2 Å². The van der Waals surface area contributed by atoms with Gasteiger partial charge < -0.3 is 0 Å². The molecule has 0 saturated heterocycles. The van der Waals surface area contributed by atoms with Gasteiger partial charge in [0.1, 0.15) is 10.8 Å². The first-order chi connectivity index (χ1) is 13.6. The van der Waals surface area contributed by atoms with Gasteiger partial charge in [0, 0.05) is 33.8 Å². The molecule has 2 heterocycles.